The standard InChI is InChI=1S/C18H19ClFN5S/c1-3-24-17(13-7-9-21-10-8-13)22-25(18(24)26)12-23(2)11-14-15(19)5-4-6-16(14)20/h4-10H,3,11-12H2,1-2H3/p+1. The van der Waals surface area contributed by atoms with Gasteiger partial charge in [-0.15, -0.1) is 5.10 Å². The minimum Gasteiger partial charge on any atom is -0.315 e. The van der Waals surface area contributed by atoms with Crippen LogP contribution in [-0.4, -0.2) is 26.4 Å². The van der Waals surface area contributed by atoms with Crippen molar-refractivity contribution in [2.75, 3.05) is 7.05 Å². The third-order valence-electron chi connectivity index (χ3n) is 4.14. The molecule has 0 aliphatic heterocycles. The van der Waals surface area contributed by atoms with Crippen molar-refractivity contribution in [2.24, 2.45) is 0 Å². The molecule has 8 heteroatoms. The zero-order chi connectivity index (χ0) is 18.7. The van der Waals surface area contributed by atoms with Gasteiger partial charge in [-0.25, -0.2) is 4.39 Å². The Bertz CT molecular complexity index is 934. The summed E-state index contributed by atoms with van der Waals surface area (Å²) in [6.07, 6.45) is 3.46. The maximum atomic E-state index is 14.0. The number of nitrogens with one attached hydrogen (secondary N) is 1. The van der Waals surface area contributed by atoms with Gasteiger partial charge in [0, 0.05) is 24.5 Å². The van der Waals surface area contributed by atoms with E-state index in [1.165, 1.54) is 6.07 Å². The average molecular weight is 393 g/mol. The summed E-state index contributed by atoms with van der Waals surface area (Å²) in [5, 5.41) is 5.11. The molecule has 0 aliphatic rings. The fraction of sp³-hybridized carbons (Fsp3) is 0.278. The lowest BCUT2D eigenvalue weighted by molar-refractivity contribution is -0.917. The van der Waals surface area contributed by atoms with Crippen molar-refractivity contribution in [2.45, 2.75) is 26.7 Å². The van der Waals surface area contributed by atoms with Crippen molar-refractivity contribution < 1.29 is 9.29 Å². The number of rotatable bonds is 6. The SMILES string of the molecule is CCn1c(-c2ccncc2)nn(C[NH+](C)Cc2c(F)cccc2Cl)c1=S. The molecule has 1 atom stereocenters. The van der Waals surface area contributed by atoms with E-state index in [0.29, 0.717) is 35.1 Å². The molecule has 2 aromatic heterocycles. The van der Waals surface area contributed by atoms with Crippen LogP contribution in [0.15, 0.2) is 42.7 Å². The Balaban J connectivity index is 1.86. The van der Waals surface area contributed by atoms with Crippen LogP contribution in [0.5, 0.6) is 0 Å². The summed E-state index contributed by atoms with van der Waals surface area (Å²) in [5.74, 6) is 0.508. The smallest absolute Gasteiger partial charge is 0.203 e. The largest absolute Gasteiger partial charge is 0.315 e. The minimum absolute atomic E-state index is 0.294. The van der Waals surface area contributed by atoms with E-state index in [4.69, 9.17) is 23.8 Å². The molecule has 3 aromatic rings. The molecule has 136 valence electrons. The summed E-state index contributed by atoms with van der Waals surface area (Å²) in [6.45, 7) is 3.70. The molecule has 0 bridgehead atoms. The molecule has 1 unspecified atom stereocenters. The highest BCUT2D eigenvalue weighted by molar-refractivity contribution is 7.71. The van der Waals surface area contributed by atoms with Crippen LogP contribution in [0, 0.1) is 10.6 Å². The van der Waals surface area contributed by atoms with Gasteiger partial charge in [0.2, 0.25) is 4.77 Å². The van der Waals surface area contributed by atoms with Crippen molar-refractivity contribution in [1.29, 1.82) is 0 Å². The Labute approximate surface area is 161 Å². The molecule has 3 rings (SSSR count). The van der Waals surface area contributed by atoms with Crippen LogP contribution >= 0.6 is 23.8 Å². The predicted octanol–water partition coefficient (Wildman–Crippen LogP) is 2.96. The Hall–Kier alpha value is -2.09. The highest BCUT2D eigenvalue weighted by Crippen LogP contribution is 2.18. The summed E-state index contributed by atoms with van der Waals surface area (Å²) in [5.41, 5.74) is 1.46. The number of hydrogen-bond donors (Lipinski definition) is 1. The quantitative estimate of drug-likeness (QED) is 0.655. The third kappa shape index (κ3) is 3.85. The number of aromatic nitrogens is 4. The Morgan fingerprint density at radius 3 is 2.62 bits per heavy atom. The molecule has 26 heavy (non-hydrogen) atoms. The molecule has 2 heterocycles. The van der Waals surface area contributed by atoms with Crippen LogP contribution in [0.1, 0.15) is 12.5 Å². The van der Waals surface area contributed by atoms with Gasteiger partial charge in [-0.1, -0.05) is 17.7 Å². The van der Waals surface area contributed by atoms with E-state index < -0.39 is 0 Å². The second kappa shape index (κ2) is 8.07. The summed E-state index contributed by atoms with van der Waals surface area (Å²) < 4.78 is 18.4. The molecule has 1 N–H and O–H groups in total. The van der Waals surface area contributed by atoms with E-state index in [2.05, 4.69) is 10.1 Å². The Morgan fingerprint density at radius 2 is 1.96 bits per heavy atom. The maximum Gasteiger partial charge on any atom is 0.203 e. The lowest BCUT2D eigenvalue weighted by Gasteiger charge is -2.15. The zero-order valence-corrected chi connectivity index (χ0v) is 16.2. The Morgan fingerprint density at radius 1 is 1.23 bits per heavy atom. The van der Waals surface area contributed by atoms with Gasteiger partial charge in [0.25, 0.3) is 0 Å². The van der Waals surface area contributed by atoms with Crippen molar-refractivity contribution in [3.05, 3.63) is 63.9 Å². The van der Waals surface area contributed by atoms with Crippen molar-refractivity contribution >= 4 is 23.8 Å². The van der Waals surface area contributed by atoms with Crippen molar-refractivity contribution in [3.8, 4) is 11.4 Å². The van der Waals surface area contributed by atoms with Gasteiger partial charge in [0.15, 0.2) is 12.5 Å². The predicted molar refractivity (Wildman–Crippen MR) is 102 cm³/mol. The summed E-state index contributed by atoms with van der Waals surface area (Å²) in [7, 11) is 1.96. The lowest BCUT2D eigenvalue weighted by Crippen LogP contribution is -3.07. The number of nitrogens with zero attached hydrogens (tertiary/aromatic N) is 4. The molecule has 0 fully saturated rings. The van der Waals surface area contributed by atoms with Gasteiger partial charge in [-0.2, -0.15) is 4.68 Å². The fourth-order valence-electron chi connectivity index (χ4n) is 2.86. The Kier molecular flexibility index (Phi) is 5.80. The fourth-order valence-corrected chi connectivity index (χ4v) is 3.41. The van der Waals surface area contributed by atoms with Crippen molar-refractivity contribution in [1.82, 2.24) is 19.3 Å². The molecule has 1 aromatic carbocycles. The monoisotopic (exact) mass is 392 g/mol. The van der Waals surface area contributed by atoms with Crippen LogP contribution in [0.4, 0.5) is 4.39 Å². The van der Waals surface area contributed by atoms with Crippen LogP contribution < -0.4 is 4.90 Å². The van der Waals surface area contributed by atoms with Gasteiger partial charge in [0.05, 0.1) is 17.6 Å². The molecule has 0 amide bonds. The highest BCUT2D eigenvalue weighted by atomic mass is 35.5. The molecular weight excluding hydrogens is 373 g/mol. The van der Waals surface area contributed by atoms with E-state index in [1.807, 2.05) is 30.7 Å². The second-order valence-corrected chi connectivity index (χ2v) is 6.85. The van der Waals surface area contributed by atoms with E-state index in [1.54, 1.807) is 29.2 Å². The van der Waals surface area contributed by atoms with Gasteiger partial charge < -0.3 is 9.47 Å². The van der Waals surface area contributed by atoms with Gasteiger partial charge in [-0.05, 0) is 43.4 Å². The zero-order valence-electron chi connectivity index (χ0n) is 14.6. The summed E-state index contributed by atoms with van der Waals surface area (Å²) in [6, 6.07) is 8.54. The summed E-state index contributed by atoms with van der Waals surface area (Å²) in [4.78, 5) is 5.07. The van der Waals surface area contributed by atoms with E-state index in [9.17, 15) is 4.39 Å². The van der Waals surface area contributed by atoms with Crippen LogP contribution in [0.25, 0.3) is 11.4 Å². The molecular formula is C18H20ClFN5S+. The first-order valence-corrected chi connectivity index (χ1v) is 9.12. The topological polar surface area (TPSA) is 40.1 Å². The number of quaternary nitrogens is 1. The van der Waals surface area contributed by atoms with Gasteiger partial charge in [0.1, 0.15) is 12.4 Å². The second-order valence-electron chi connectivity index (χ2n) is 6.08. The van der Waals surface area contributed by atoms with E-state index >= 15 is 0 Å². The molecule has 0 aliphatic carbocycles. The summed E-state index contributed by atoms with van der Waals surface area (Å²) >= 11 is 11.7. The maximum absolute atomic E-state index is 14.0. The van der Waals surface area contributed by atoms with Gasteiger partial charge in [-0.3, -0.25) is 4.98 Å². The first kappa shape index (κ1) is 18.7. The molecule has 0 saturated carbocycles. The minimum atomic E-state index is -0.294. The van der Waals surface area contributed by atoms with Crippen LogP contribution in [0.3, 0.4) is 0 Å². The molecule has 0 radical (unpaired) electrons. The third-order valence-corrected chi connectivity index (χ3v) is 4.92. The lowest BCUT2D eigenvalue weighted by atomic mass is 10.2. The number of halogens is 2. The van der Waals surface area contributed by atoms with Gasteiger partial charge >= 0.3 is 0 Å². The first-order valence-electron chi connectivity index (χ1n) is 8.33. The van der Waals surface area contributed by atoms with E-state index in [0.717, 1.165) is 16.3 Å². The van der Waals surface area contributed by atoms with Crippen LogP contribution in [0.2, 0.25) is 5.02 Å². The molecule has 5 nitrogen and oxygen atoms in total. The first-order chi connectivity index (χ1) is 12.5. The highest BCUT2D eigenvalue weighted by Gasteiger charge is 2.16. The average Bonchev–Trinajstić information content (AvgIpc) is 2.95. The van der Waals surface area contributed by atoms with Crippen LogP contribution in [-0.2, 0) is 19.8 Å². The number of benzene rings is 1. The number of pyridine rings is 1. The molecule has 0 saturated heterocycles. The normalized spacial score (nSPS) is 12.3. The van der Waals surface area contributed by atoms with E-state index in [-0.39, 0.29) is 5.82 Å². The molecule has 0 spiro atoms. The number of hydrogen-bond acceptors (Lipinski definition) is 3. The van der Waals surface area contributed by atoms with Crippen molar-refractivity contribution in [3.63, 3.8) is 0 Å².